The maximum Gasteiger partial charge on any atom is 0.416 e. The highest BCUT2D eigenvalue weighted by Crippen LogP contribution is 2.30. The Kier molecular flexibility index (Phi) is 4.99. The molecule has 132 valence electrons. The largest absolute Gasteiger partial charge is 0.416 e. The fourth-order valence-corrected chi connectivity index (χ4v) is 2.93. The first-order valence-corrected chi connectivity index (χ1v) is 7.96. The van der Waals surface area contributed by atoms with Gasteiger partial charge in [0.1, 0.15) is 6.04 Å². The van der Waals surface area contributed by atoms with Gasteiger partial charge in [-0.3, -0.25) is 4.79 Å². The van der Waals surface area contributed by atoms with Crippen LogP contribution in [0.5, 0.6) is 0 Å². The minimum absolute atomic E-state index is 0.128. The summed E-state index contributed by atoms with van der Waals surface area (Å²) in [5, 5.41) is 3.21. The molecule has 4 nitrogen and oxygen atoms in total. The van der Waals surface area contributed by atoms with Crippen molar-refractivity contribution in [2.75, 3.05) is 5.32 Å². The highest BCUT2D eigenvalue weighted by Gasteiger charge is 2.32. The van der Waals surface area contributed by atoms with Crippen LogP contribution in [0.2, 0.25) is 5.02 Å². The van der Waals surface area contributed by atoms with E-state index in [4.69, 9.17) is 11.6 Å². The average Bonchev–Trinajstić information content (AvgIpc) is 3.05. The average molecular weight is 370 g/mol. The van der Waals surface area contributed by atoms with Crippen LogP contribution < -0.4 is 16.2 Å². The summed E-state index contributed by atoms with van der Waals surface area (Å²) < 4.78 is 37.6. The monoisotopic (exact) mass is 369 g/mol. The Bertz CT molecular complexity index is 764. The summed E-state index contributed by atoms with van der Waals surface area (Å²) in [6.07, 6.45) is -3.93. The Labute approximate surface area is 147 Å². The SMILES string of the molecule is O=C(Nc1ccc(C(F)(F)F)cc1)C1CC(c2ccccc2Cl)NN1. The number of carbonyl (C=O) groups excluding carboxylic acids is 1. The van der Waals surface area contributed by atoms with E-state index in [9.17, 15) is 18.0 Å². The van der Waals surface area contributed by atoms with E-state index < -0.39 is 17.8 Å². The molecule has 0 radical (unpaired) electrons. The van der Waals surface area contributed by atoms with Crippen molar-refractivity contribution in [1.29, 1.82) is 0 Å². The Morgan fingerprint density at radius 3 is 2.40 bits per heavy atom. The van der Waals surface area contributed by atoms with Gasteiger partial charge in [0.15, 0.2) is 0 Å². The van der Waals surface area contributed by atoms with E-state index in [0.717, 1.165) is 17.7 Å². The molecular weight excluding hydrogens is 355 g/mol. The van der Waals surface area contributed by atoms with Gasteiger partial charge in [-0.15, -0.1) is 0 Å². The van der Waals surface area contributed by atoms with Crippen molar-refractivity contribution in [2.45, 2.75) is 24.7 Å². The van der Waals surface area contributed by atoms with E-state index in [-0.39, 0.29) is 11.9 Å². The van der Waals surface area contributed by atoms with Crippen LogP contribution in [0.15, 0.2) is 48.5 Å². The lowest BCUT2D eigenvalue weighted by atomic mass is 10.0. The lowest BCUT2D eigenvalue weighted by Crippen LogP contribution is -2.39. The molecule has 1 fully saturated rings. The summed E-state index contributed by atoms with van der Waals surface area (Å²) in [6.45, 7) is 0. The molecule has 2 atom stereocenters. The first-order chi connectivity index (χ1) is 11.8. The standard InChI is InChI=1S/C17H15ClF3N3O/c18-13-4-2-1-3-12(13)14-9-15(24-23-14)16(25)22-11-7-5-10(6-8-11)17(19,20)21/h1-8,14-15,23-24H,9H2,(H,22,25). The zero-order chi connectivity index (χ0) is 18.0. The van der Waals surface area contributed by atoms with Crippen LogP contribution in [0.1, 0.15) is 23.6 Å². The zero-order valence-corrected chi connectivity index (χ0v) is 13.7. The van der Waals surface area contributed by atoms with Crippen LogP contribution in [0.4, 0.5) is 18.9 Å². The molecule has 3 rings (SSSR count). The van der Waals surface area contributed by atoms with Crippen molar-refractivity contribution >= 4 is 23.2 Å². The summed E-state index contributed by atoms with van der Waals surface area (Å²) in [5.74, 6) is -0.332. The minimum Gasteiger partial charge on any atom is -0.325 e. The Morgan fingerprint density at radius 1 is 1.08 bits per heavy atom. The maximum atomic E-state index is 12.5. The molecule has 0 spiro atoms. The topological polar surface area (TPSA) is 53.2 Å². The molecule has 1 amide bonds. The predicted octanol–water partition coefficient (Wildman–Crippen LogP) is 3.91. The first-order valence-electron chi connectivity index (χ1n) is 7.58. The lowest BCUT2D eigenvalue weighted by Gasteiger charge is -2.12. The molecule has 0 bridgehead atoms. The highest BCUT2D eigenvalue weighted by atomic mass is 35.5. The van der Waals surface area contributed by atoms with Crippen molar-refractivity contribution in [1.82, 2.24) is 10.9 Å². The number of alkyl halides is 3. The van der Waals surface area contributed by atoms with E-state index in [1.807, 2.05) is 18.2 Å². The van der Waals surface area contributed by atoms with Crippen LogP contribution in [0.3, 0.4) is 0 Å². The number of anilines is 1. The third kappa shape index (κ3) is 4.12. The smallest absolute Gasteiger partial charge is 0.325 e. The number of carbonyl (C=O) groups is 1. The van der Waals surface area contributed by atoms with Crippen LogP contribution in [-0.4, -0.2) is 11.9 Å². The molecule has 1 aliphatic heterocycles. The molecule has 8 heteroatoms. The van der Waals surface area contributed by atoms with Crippen molar-refractivity contribution < 1.29 is 18.0 Å². The van der Waals surface area contributed by atoms with Crippen LogP contribution >= 0.6 is 11.6 Å². The van der Waals surface area contributed by atoms with Gasteiger partial charge in [-0.05, 0) is 42.3 Å². The molecule has 0 saturated carbocycles. The molecule has 2 aromatic carbocycles. The lowest BCUT2D eigenvalue weighted by molar-refractivity contribution is -0.137. The first kappa shape index (κ1) is 17.7. The van der Waals surface area contributed by atoms with E-state index in [2.05, 4.69) is 16.2 Å². The highest BCUT2D eigenvalue weighted by molar-refractivity contribution is 6.31. The zero-order valence-electron chi connectivity index (χ0n) is 12.9. The van der Waals surface area contributed by atoms with Crippen LogP contribution in [0, 0.1) is 0 Å². The summed E-state index contributed by atoms with van der Waals surface area (Å²) in [4.78, 5) is 12.3. The summed E-state index contributed by atoms with van der Waals surface area (Å²) in [7, 11) is 0. The van der Waals surface area contributed by atoms with Gasteiger partial charge >= 0.3 is 6.18 Å². The molecule has 0 aromatic heterocycles. The van der Waals surface area contributed by atoms with E-state index >= 15 is 0 Å². The number of hydrogen-bond acceptors (Lipinski definition) is 3. The van der Waals surface area contributed by atoms with Crippen LogP contribution in [-0.2, 0) is 11.0 Å². The Hall–Kier alpha value is -2.09. The molecule has 1 aliphatic rings. The maximum absolute atomic E-state index is 12.5. The van der Waals surface area contributed by atoms with Gasteiger partial charge in [0.05, 0.1) is 5.56 Å². The van der Waals surface area contributed by atoms with E-state index in [0.29, 0.717) is 17.1 Å². The summed E-state index contributed by atoms with van der Waals surface area (Å²) >= 11 is 6.15. The fraction of sp³-hybridized carbons (Fsp3) is 0.235. The van der Waals surface area contributed by atoms with Gasteiger partial charge in [0, 0.05) is 16.8 Å². The number of amides is 1. The molecule has 2 aromatic rings. The van der Waals surface area contributed by atoms with Crippen molar-refractivity contribution in [2.24, 2.45) is 0 Å². The number of halogens is 4. The normalized spacial score (nSPS) is 20.5. The van der Waals surface area contributed by atoms with Gasteiger partial charge < -0.3 is 5.32 Å². The van der Waals surface area contributed by atoms with Gasteiger partial charge in [-0.2, -0.15) is 13.2 Å². The molecule has 1 heterocycles. The molecule has 0 aliphatic carbocycles. The summed E-state index contributed by atoms with van der Waals surface area (Å²) in [6, 6.07) is 11.0. The third-order valence-electron chi connectivity index (χ3n) is 3.98. The van der Waals surface area contributed by atoms with Crippen LogP contribution in [0.25, 0.3) is 0 Å². The second kappa shape index (κ2) is 7.03. The quantitative estimate of drug-likeness (QED) is 0.769. The van der Waals surface area contributed by atoms with Crippen molar-refractivity contribution in [3.8, 4) is 0 Å². The Balaban J connectivity index is 1.62. The Morgan fingerprint density at radius 2 is 1.76 bits per heavy atom. The minimum atomic E-state index is -4.40. The van der Waals surface area contributed by atoms with Crippen molar-refractivity contribution in [3.63, 3.8) is 0 Å². The number of hydrogen-bond donors (Lipinski definition) is 3. The number of nitrogens with one attached hydrogen (secondary N) is 3. The van der Waals surface area contributed by atoms with Gasteiger partial charge in [-0.1, -0.05) is 29.8 Å². The number of hydrazine groups is 1. The van der Waals surface area contributed by atoms with Crippen molar-refractivity contribution in [3.05, 3.63) is 64.7 Å². The van der Waals surface area contributed by atoms with E-state index in [1.165, 1.54) is 12.1 Å². The number of benzene rings is 2. The predicted molar refractivity (Wildman–Crippen MR) is 88.9 cm³/mol. The van der Waals surface area contributed by atoms with E-state index in [1.54, 1.807) is 6.07 Å². The molecule has 2 unspecified atom stereocenters. The molecular formula is C17H15ClF3N3O. The number of rotatable bonds is 3. The second-order valence-corrected chi connectivity index (χ2v) is 6.12. The third-order valence-corrected chi connectivity index (χ3v) is 4.32. The molecule has 25 heavy (non-hydrogen) atoms. The van der Waals surface area contributed by atoms with Gasteiger partial charge in [0.25, 0.3) is 0 Å². The second-order valence-electron chi connectivity index (χ2n) is 5.72. The fourth-order valence-electron chi connectivity index (χ4n) is 2.66. The summed E-state index contributed by atoms with van der Waals surface area (Å²) in [5.41, 5.74) is 6.33. The van der Waals surface area contributed by atoms with Gasteiger partial charge in [0.2, 0.25) is 5.91 Å². The van der Waals surface area contributed by atoms with Gasteiger partial charge in [-0.25, -0.2) is 10.9 Å². The molecule has 3 N–H and O–H groups in total. The molecule has 1 saturated heterocycles.